The Labute approximate surface area is 292 Å². The molecule has 15 nitrogen and oxygen atoms in total. The summed E-state index contributed by atoms with van der Waals surface area (Å²) < 4.78 is 43.4. The second-order valence-electron chi connectivity index (χ2n) is 13.8. The number of anilines is 2. The van der Waals surface area contributed by atoms with E-state index in [0.717, 1.165) is 11.8 Å². The zero-order valence-corrected chi connectivity index (χ0v) is 30.6. The predicted molar refractivity (Wildman–Crippen MR) is 186 cm³/mol. The van der Waals surface area contributed by atoms with Crippen molar-refractivity contribution in [3.8, 4) is 17.4 Å². The molecule has 1 aromatic heterocycles. The molecule has 0 aliphatic carbocycles. The number of hydroxylamine groups is 2. The van der Waals surface area contributed by atoms with Crippen LogP contribution in [0.5, 0.6) is 17.4 Å². The largest absolute Gasteiger partial charge is 0.528 e. The fraction of sp³-hybridized carbons (Fsp3) is 0.441. The lowest BCUT2D eigenvalue weighted by molar-refractivity contribution is -0.154. The minimum Gasteiger partial charge on any atom is -0.492 e. The van der Waals surface area contributed by atoms with Crippen LogP contribution >= 0.6 is 0 Å². The molecular weight excluding hydrogens is 668 g/mol. The first-order chi connectivity index (χ1) is 23.2. The zero-order valence-electron chi connectivity index (χ0n) is 29.7. The average molecular weight is 713 g/mol. The van der Waals surface area contributed by atoms with Crippen LogP contribution in [0.4, 0.5) is 16.2 Å². The molecule has 2 amide bonds. The molecule has 3 aromatic rings. The van der Waals surface area contributed by atoms with Crippen molar-refractivity contribution in [3.63, 3.8) is 0 Å². The summed E-state index contributed by atoms with van der Waals surface area (Å²) in [5.41, 5.74) is 1.11. The standard InChI is InChI=1S/C34H44N6O9S/c1-21-16-22(30(41)36-25-19-23(33(2,3)4)20-26(28(25)46-8)38-50(9,44)45)18-24(17-21)47-27-10-11-35-29(37-27)31(42)39-12-14-40(15-13-39)49-32(43)48-34(5,6)7/h10-11,16-20,38H,12-15H2,1-9H3,(H,36,41). The lowest BCUT2D eigenvalue weighted by Crippen LogP contribution is -2.49. The topological polar surface area (TPSA) is 179 Å². The Hall–Kier alpha value is -4.96. The molecule has 0 unspecified atom stereocenters. The van der Waals surface area contributed by atoms with Gasteiger partial charge in [0.05, 0.1) is 37.8 Å². The van der Waals surface area contributed by atoms with Crippen molar-refractivity contribution in [2.75, 3.05) is 49.6 Å². The van der Waals surface area contributed by atoms with Gasteiger partial charge in [-0.2, -0.15) is 4.98 Å². The van der Waals surface area contributed by atoms with Crippen molar-refractivity contribution in [2.24, 2.45) is 0 Å². The van der Waals surface area contributed by atoms with Crippen molar-refractivity contribution < 1.29 is 41.8 Å². The van der Waals surface area contributed by atoms with Gasteiger partial charge in [0.2, 0.25) is 21.7 Å². The summed E-state index contributed by atoms with van der Waals surface area (Å²) in [4.78, 5) is 54.0. The minimum absolute atomic E-state index is 0.0843. The normalized spacial score (nSPS) is 14.1. The van der Waals surface area contributed by atoms with Crippen molar-refractivity contribution in [2.45, 2.75) is 59.5 Å². The van der Waals surface area contributed by atoms with Crippen LogP contribution in [0.15, 0.2) is 42.6 Å². The number of sulfonamides is 1. The number of benzene rings is 2. The van der Waals surface area contributed by atoms with Crippen LogP contribution in [-0.2, 0) is 25.0 Å². The van der Waals surface area contributed by atoms with Gasteiger partial charge in [0, 0.05) is 30.9 Å². The molecule has 2 aromatic carbocycles. The number of hydrogen-bond donors (Lipinski definition) is 2. The van der Waals surface area contributed by atoms with Crippen molar-refractivity contribution in [1.29, 1.82) is 0 Å². The number of nitrogens with zero attached hydrogens (tertiary/aromatic N) is 4. The van der Waals surface area contributed by atoms with E-state index in [1.807, 2.05) is 20.8 Å². The highest BCUT2D eigenvalue weighted by atomic mass is 32.2. The molecular formula is C34H44N6O9S. The van der Waals surface area contributed by atoms with Crippen molar-refractivity contribution in [3.05, 3.63) is 65.1 Å². The van der Waals surface area contributed by atoms with Gasteiger partial charge in [-0.3, -0.25) is 14.3 Å². The van der Waals surface area contributed by atoms with Crippen LogP contribution < -0.4 is 19.5 Å². The van der Waals surface area contributed by atoms with E-state index in [-0.39, 0.29) is 71.7 Å². The molecule has 2 N–H and O–H groups in total. The summed E-state index contributed by atoms with van der Waals surface area (Å²) in [6, 6.07) is 9.80. The third-order valence-electron chi connectivity index (χ3n) is 7.18. The Balaban J connectivity index is 1.48. The maximum Gasteiger partial charge on any atom is 0.528 e. The summed E-state index contributed by atoms with van der Waals surface area (Å²) in [7, 11) is -2.27. The molecule has 1 saturated heterocycles. The first kappa shape index (κ1) is 37.9. The number of methoxy groups -OCH3 is 1. The van der Waals surface area contributed by atoms with E-state index < -0.39 is 33.6 Å². The Morgan fingerprint density at radius 2 is 1.58 bits per heavy atom. The van der Waals surface area contributed by atoms with Crippen LogP contribution in [0, 0.1) is 6.92 Å². The molecule has 1 aliphatic heterocycles. The van der Waals surface area contributed by atoms with Crippen LogP contribution in [0.3, 0.4) is 0 Å². The zero-order chi connectivity index (χ0) is 37.0. The summed E-state index contributed by atoms with van der Waals surface area (Å²) in [5, 5.41) is 4.29. The van der Waals surface area contributed by atoms with E-state index in [1.165, 1.54) is 30.5 Å². The predicted octanol–water partition coefficient (Wildman–Crippen LogP) is 5.13. The lowest BCUT2D eigenvalue weighted by atomic mass is 9.86. The molecule has 0 radical (unpaired) electrons. The number of hydrogen-bond acceptors (Lipinski definition) is 12. The molecule has 2 heterocycles. The fourth-order valence-electron chi connectivity index (χ4n) is 4.90. The number of piperazine rings is 1. The quantitative estimate of drug-likeness (QED) is 0.280. The summed E-state index contributed by atoms with van der Waals surface area (Å²) >= 11 is 0. The van der Waals surface area contributed by atoms with Crippen LogP contribution in [0.2, 0.25) is 0 Å². The van der Waals surface area contributed by atoms with Crippen molar-refractivity contribution >= 4 is 39.4 Å². The highest BCUT2D eigenvalue weighted by Gasteiger charge is 2.28. The van der Waals surface area contributed by atoms with Gasteiger partial charge in [-0.05, 0) is 74.6 Å². The first-order valence-corrected chi connectivity index (χ1v) is 17.7. The monoisotopic (exact) mass is 712 g/mol. The smallest absolute Gasteiger partial charge is 0.492 e. The Morgan fingerprint density at radius 3 is 2.18 bits per heavy atom. The van der Waals surface area contributed by atoms with Gasteiger partial charge in [-0.1, -0.05) is 20.8 Å². The average Bonchev–Trinajstić information content (AvgIpc) is 2.98. The number of ether oxygens (including phenoxy) is 3. The molecule has 0 saturated carbocycles. The van der Waals surface area contributed by atoms with Gasteiger partial charge in [-0.25, -0.2) is 18.2 Å². The number of aromatic nitrogens is 2. The molecule has 1 aliphatic rings. The maximum absolute atomic E-state index is 13.6. The van der Waals surface area contributed by atoms with E-state index in [0.29, 0.717) is 5.56 Å². The molecule has 50 heavy (non-hydrogen) atoms. The highest BCUT2D eigenvalue weighted by molar-refractivity contribution is 7.92. The third-order valence-corrected chi connectivity index (χ3v) is 7.77. The lowest BCUT2D eigenvalue weighted by Gasteiger charge is -2.33. The molecule has 1 fully saturated rings. The van der Waals surface area contributed by atoms with E-state index in [9.17, 15) is 22.8 Å². The molecule has 0 bridgehead atoms. The minimum atomic E-state index is -3.65. The molecule has 270 valence electrons. The van der Waals surface area contributed by atoms with Crippen LogP contribution in [0.25, 0.3) is 0 Å². The molecule has 4 rings (SSSR count). The number of rotatable bonds is 9. The second-order valence-corrected chi connectivity index (χ2v) is 15.6. The van der Waals surface area contributed by atoms with Crippen molar-refractivity contribution in [1.82, 2.24) is 19.9 Å². The first-order valence-electron chi connectivity index (χ1n) is 15.8. The second kappa shape index (κ2) is 14.9. The number of nitrogens with one attached hydrogen (secondary N) is 2. The van der Waals surface area contributed by atoms with E-state index in [2.05, 4.69) is 20.0 Å². The number of carbonyl (C=O) groups excluding carboxylic acids is 3. The van der Waals surface area contributed by atoms with Gasteiger partial charge in [-0.15, -0.1) is 5.06 Å². The molecule has 0 spiro atoms. The van der Waals surface area contributed by atoms with Gasteiger partial charge in [0.25, 0.3) is 11.8 Å². The third kappa shape index (κ3) is 10.5. The number of carbonyl (C=O) groups is 3. The highest BCUT2D eigenvalue weighted by Crippen LogP contribution is 2.39. The van der Waals surface area contributed by atoms with Gasteiger partial charge >= 0.3 is 6.16 Å². The van der Waals surface area contributed by atoms with E-state index in [1.54, 1.807) is 56.9 Å². The summed E-state index contributed by atoms with van der Waals surface area (Å²) in [5.74, 6) is -0.484. The number of amides is 2. The fourth-order valence-corrected chi connectivity index (χ4v) is 5.45. The van der Waals surface area contributed by atoms with Gasteiger partial charge < -0.3 is 29.3 Å². The Bertz CT molecular complexity index is 1860. The maximum atomic E-state index is 13.6. The van der Waals surface area contributed by atoms with Crippen LogP contribution in [-0.4, -0.2) is 91.5 Å². The Kier molecular flexibility index (Phi) is 11.3. The van der Waals surface area contributed by atoms with Crippen LogP contribution in [0.1, 0.15) is 73.6 Å². The SMILES string of the molecule is COc1c(NC(=O)c2cc(C)cc(Oc3ccnc(C(=O)N4CCN(OC(=O)OC(C)(C)C)CC4)n3)c2)cc(C(C)(C)C)cc1NS(C)(=O)=O. The molecule has 16 heteroatoms. The molecule has 0 atom stereocenters. The van der Waals surface area contributed by atoms with Gasteiger partial charge in [0.15, 0.2) is 5.75 Å². The Morgan fingerprint density at radius 1 is 0.920 bits per heavy atom. The van der Waals surface area contributed by atoms with Gasteiger partial charge in [0.1, 0.15) is 11.4 Å². The van der Waals surface area contributed by atoms with E-state index >= 15 is 0 Å². The summed E-state index contributed by atoms with van der Waals surface area (Å²) in [6.45, 7) is 14.0. The number of aryl methyl sites for hydroxylation is 1. The van der Waals surface area contributed by atoms with E-state index in [4.69, 9.17) is 19.0 Å². The summed E-state index contributed by atoms with van der Waals surface area (Å²) in [6.07, 6.45) is 1.62.